The number of piperidine rings is 1. The number of hydrogen-bond donors (Lipinski definition) is 2. The molecule has 13 heteroatoms. The van der Waals surface area contributed by atoms with Crippen LogP contribution in [0.5, 0.6) is 5.75 Å². The molecule has 3 aliphatic heterocycles. The first-order valence-corrected chi connectivity index (χ1v) is 16.4. The number of methoxy groups -OCH3 is 1. The van der Waals surface area contributed by atoms with E-state index in [-0.39, 0.29) is 17.0 Å². The quantitative estimate of drug-likeness (QED) is 0.265. The Morgan fingerprint density at radius 2 is 1.91 bits per heavy atom. The Kier molecular flexibility index (Phi) is 10.1. The molecule has 250 valence electrons. The molecule has 0 saturated carbocycles. The highest BCUT2D eigenvalue weighted by Gasteiger charge is 2.33. The van der Waals surface area contributed by atoms with Gasteiger partial charge in [-0.2, -0.15) is 0 Å². The zero-order valence-electron chi connectivity index (χ0n) is 27.1. The van der Waals surface area contributed by atoms with Gasteiger partial charge >= 0.3 is 0 Å². The Morgan fingerprint density at radius 1 is 1.11 bits per heavy atom. The molecular weight excluding hydrogens is 623 g/mol. The monoisotopic (exact) mass is 664 g/mol. The minimum atomic E-state index is -0.481. The predicted molar refractivity (Wildman–Crippen MR) is 183 cm³/mol. The summed E-state index contributed by atoms with van der Waals surface area (Å²) in [6, 6.07) is 11.2. The molecule has 3 saturated heterocycles. The maximum atomic E-state index is 14.3. The third-order valence-electron chi connectivity index (χ3n) is 9.38. The first-order chi connectivity index (χ1) is 22.7. The summed E-state index contributed by atoms with van der Waals surface area (Å²) in [5, 5.41) is 8.07. The molecule has 0 spiro atoms. The summed E-state index contributed by atoms with van der Waals surface area (Å²) in [4.78, 5) is 34.6. The minimum absolute atomic E-state index is 0.0706. The van der Waals surface area contributed by atoms with E-state index in [0.717, 1.165) is 50.3 Å². The number of amides is 1. The van der Waals surface area contributed by atoms with Crippen LogP contribution >= 0.6 is 11.6 Å². The lowest BCUT2D eigenvalue weighted by atomic mass is 10.0. The van der Waals surface area contributed by atoms with Crippen LogP contribution in [0.2, 0.25) is 5.02 Å². The van der Waals surface area contributed by atoms with Gasteiger partial charge < -0.3 is 25.2 Å². The van der Waals surface area contributed by atoms with Crippen LogP contribution in [0.15, 0.2) is 55.4 Å². The fourth-order valence-electron chi connectivity index (χ4n) is 6.77. The number of anilines is 5. The molecule has 0 aliphatic carbocycles. The number of nitrogens with one attached hydrogen (secondary N) is 2. The van der Waals surface area contributed by atoms with Crippen molar-refractivity contribution in [3.63, 3.8) is 0 Å². The molecule has 1 amide bonds. The molecule has 2 aromatic carbocycles. The van der Waals surface area contributed by atoms with E-state index in [1.54, 1.807) is 30.4 Å². The number of rotatable bonds is 10. The Bertz CT molecular complexity index is 1600. The van der Waals surface area contributed by atoms with Crippen molar-refractivity contribution in [1.29, 1.82) is 0 Å². The standard InChI is InChI=1S/C34H42ClFN8O3/c1-5-34(45)40-27-17-28(31(46-4)18-30(27)42-12-8-23(9-13-42)43-14-10-24(20-43)41(2)3)39-32-19-33(38-21-37-32)44-29(11-15-47-44)22-6-7-25(35)26(36)16-22/h5-7,16-19,21,23-24,29H,1,8-15,20H2,2-4H3,(H,40,45)(H,37,38,39)/t24-,29+/m0/s1. The van der Waals surface area contributed by atoms with Gasteiger partial charge in [-0.05, 0) is 63.2 Å². The van der Waals surface area contributed by atoms with Crippen LogP contribution in [0.1, 0.15) is 37.3 Å². The van der Waals surface area contributed by atoms with Crippen molar-refractivity contribution in [2.24, 2.45) is 0 Å². The lowest BCUT2D eigenvalue weighted by Crippen LogP contribution is -2.45. The maximum Gasteiger partial charge on any atom is 0.247 e. The molecule has 3 aliphatic rings. The number of hydrogen-bond acceptors (Lipinski definition) is 10. The molecule has 6 rings (SSSR count). The third kappa shape index (κ3) is 7.30. The Hall–Kier alpha value is -3.97. The van der Waals surface area contributed by atoms with Crippen molar-refractivity contribution in [3.8, 4) is 5.75 Å². The number of benzene rings is 2. The lowest BCUT2D eigenvalue weighted by Gasteiger charge is -2.39. The van der Waals surface area contributed by atoms with Crippen molar-refractivity contribution in [3.05, 3.63) is 71.8 Å². The van der Waals surface area contributed by atoms with Gasteiger partial charge in [-0.3, -0.25) is 14.5 Å². The molecule has 47 heavy (non-hydrogen) atoms. The van der Waals surface area contributed by atoms with Gasteiger partial charge in [0.15, 0.2) is 5.82 Å². The second-order valence-corrected chi connectivity index (χ2v) is 12.8. The first kappa shape index (κ1) is 33.0. The first-order valence-electron chi connectivity index (χ1n) is 16.0. The molecule has 0 unspecified atom stereocenters. The largest absolute Gasteiger partial charge is 0.494 e. The van der Waals surface area contributed by atoms with Gasteiger partial charge in [-0.15, -0.1) is 0 Å². The average molecular weight is 665 g/mol. The second kappa shape index (κ2) is 14.4. The molecule has 2 N–H and O–H groups in total. The predicted octanol–water partition coefficient (Wildman–Crippen LogP) is 5.63. The smallest absolute Gasteiger partial charge is 0.247 e. The molecule has 0 radical (unpaired) electrons. The fraction of sp³-hybridized carbons (Fsp3) is 0.441. The van der Waals surface area contributed by atoms with E-state index in [0.29, 0.717) is 53.9 Å². The van der Waals surface area contributed by atoms with Gasteiger partial charge in [0.25, 0.3) is 0 Å². The Labute approximate surface area is 280 Å². The second-order valence-electron chi connectivity index (χ2n) is 12.4. The molecule has 3 fully saturated rings. The highest BCUT2D eigenvalue weighted by atomic mass is 35.5. The van der Waals surface area contributed by atoms with Gasteiger partial charge in [0.05, 0.1) is 41.8 Å². The molecule has 2 atom stereocenters. The van der Waals surface area contributed by atoms with Gasteiger partial charge in [0.1, 0.15) is 23.7 Å². The van der Waals surface area contributed by atoms with Crippen LogP contribution in [0.3, 0.4) is 0 Å². The number of nitrogens with zero attached hydrogens (tertiary/aromatic N) is 6. The van der Waals surface area contributed by atoms with Crippen LogP contribution in [0.4, 0.5) is 33.1 Å². The molecule has 1 aromatic heterocycles. The van der Waals surface area contributed by atoms with Crippen LogP contribution in [-0.4, -0.2) is 91.7 Å². The SMILES string of the molecule is C=CC(=O)Nc1cc(Nc2cc(N3OCC[C@@H]3c3ccc(Cl)c(F)c3)ncn2)c(OC)cc1N1CCC(N2CC[C@H](N(C)C)C2)CC1. The van der Waals surface area contributed by atoms with Crippen LogP contribution in [0, 0.1) is 5.82 Å². The highest BCUT2D eigenvalue weighted by molar-refractivity contribution is 6.30. The normalized spacial score (nSPS) is 20.6. The van der Waals surface area contributed by atoms with Crippen molar-refractivity contribution >= 4 is 46.2 Å². The molecule has 3 aromatic rings. The molecule has 0 bridgehead atoms. The number of likely N-dealkylation sites (N-methyl/N-ethyl adjacent to an activating group) is 1. The number of hydroxylamine groups is 1. The number of likely N-dealkylation sites (tertiary alicyclic amines) is 1. The van der Waals surface area contributed by atoms with E-state index < -0.39 is 5.82 Å². The van der Waals surface area contributed by atoms with Gasteiger partial charge in [-0.1, -0.05) is 24.2 Å². The Morgan fingerprint density at radius 3 is 2.62 bits per heavy atom. The molecular formula is C34H42ClFN8O3. The van der Waals surface area contributed by atoms with E-state index >= 15 is 0 Å². The zero-order valence-corrected chi connectivity index (χ0v) is 27.8. The van der Waals surface area contributed by atoms with E-state index in [9.17, 15) is 9.18 Å². The minimum Gasteiger partial charge on any atom is -0.494 e. The van der Waals surface area contributed by atoms with Gasteiger partial charge in [0, 0.05) is 56.8 Å². The van der Waals surface area contributed by atoms with Crippen LogP contribution in [-0.2, 0) is 9.63 Å². The van der Waals surface area contributed by atoms with Gasteiger partial charge in [0.2, 0.25) is 5.91 Å². The zero-order chi connectivity index (χ0) is 33.1. The van der Waals surface area contributed by atoms with E-state index in [4.69, 9.17) is 21.2 Å². The number of aromatic nitrogens is 2. The lowest BCUT2D eigenvalue weighted by molar-refractivity contribution is -0.111. The van der Waals surface area contributed by atoms with E-state index in [1.807, 2.05) is 12.1 Å². The van der Waals surface area contributed by atoms with Crippen molar-refractivity contribution in [2.75, 3.05) is 74.6 Å². The molecule has 4 heterocycles. The fourth-order valence-corrected chi connectivity index (χ4v) is 6.88. The highest BCUT2D eigenvalue weighted by Crippen LogP contribution is 2.41. The van der Waals surface area contributed by atoms with Crippen molar-refractivity contribution in [1.82, 2.24) is 19.8 Å². The summed E-state index contributed by atoms with van der Waals surface area (Å²) in [5.41, 5.74) is 2.88. The van der Waals surface area contributed by atoms with E-state index in [2.05, 4.69) is 56.0 Å². The number of carbonyl (C=O) groups excluding carboxylic acids is 1. The summed E-state index contributed by atoms with van der Waals surface area (Å²) in [7, 11) is 5.94. The number of ether oxygens (including phenoxy) is 1. The maximum absolute atomic E-state index is 14.3. The average Bonchev–Trinajstić information content (AvgIpc) is 3.78. The van der Waals surface area contributed by atoms with Crippen molar-refractivity contribution < 1.29 is 18.8 Å². The summed E-state index contributed by atoms with van der Waals surface area (Å²) in [6.45, 7) is 8.08. The number of halogens is 2. The third-order valence-corrected chi connectivity index (χ3v) is 9.69. The Balaban J connectivity index is 1.22. The van der Waals surface area contributed by atoms with Crippen LogP contribution < -0.4 is 25.3 Å². The molecule has 11 nitrogen and oxygen atoms in total. The van der Waals surface area contributed by atoms with Crippen molar-refractivity contribution in [2.45, 2.75) is 43.8 Å². The van der Waals surface area contributed by atoms with Gasteiger partial charge in [-0.25, -0.2) is 19.4 Å². The van der Waals surface area contributed by atoms with Crippen LogP contribution in [0.25, 0.3) is 0 Å². The topological polar surface area (TPSA) is 98.3 Å². The summed E-state index contributed by atoms with van der Waals surface area (Å²) >= 11 is 5.91. The summed E-state index contributed by atoms with van der Waals surface area (Å²) < 4.78 is 20.1. The summed E-state index contributed by atoms with van der Waals surface area (Å²) in [5.74, 6) is 0.809. The number of carbonyl (C=O) groups is 1. The van der Waals surface area contributed by atoms with E-state index in [1.165, 1.54) is 24.9 Å². The summed E-state index contributed by atoms with van der Waals surface area (Å²) in [6.07, 6.45) is 6.65.